The number of aliphatic hydroxyl groups excluding tert-OH is 1. The van der Waals surface area contributed by atoms with Gasteiger partial charge in [-0.1, -0.05) is 31.2 Å². The van der Waals surface area contributed by atoms with E-state index in [-0.39, 0.29) is 18.9 Å². The SMILES string of the molecule is C[C@H]1C[C@@H](CCO)O[C@H]1n1cc2c3c(ncnc31)NCc1ccccc1-2.OP.OP.OP. The van der Waals surface area contributed by atoms with Crippen molar-refractivity contribution in [3.8, 4) is 11.1 Å². The highest BCUT2D eigenvalue weighted by Gasteiger charge is 2.35. The van der Waals surface area contributed by atoms with E-state index in [9.17, 15) is 5.11 Å². The van der Waals surface area contributed by atoms with Gasteiger partial charge in [0.05, 0.1) is 11.5 Å². The lowest BCUT2D eigenvalue weighted by molar-refractivity contribution is -0.0160. The zero-order chi connectivity index (χ0) is 23.7. The molecule has 0 spiro atoms. The quantitative estimate of drug-likeness (QED) is 0.347. The number of aromatic nitrogens is 3. The smallest absolute Gasteiger partial charge is 0.148 e. The molecule has 4 heterocycles. The molecule has 1 aromatic carbocycles. The van der Waals surface area contributed by atoms with Crippen molar-refractivity contribution in [3.63, 3.8) is 0 Å². The Morgan fingerprint density at radius 2 is 1.81 bits per heavy atom. The highest BCUT2D eigenvalue weighted by Crippen LogP contribution is 2.43. The van der Waals surface area contributed by atoms with Crippen LogP contribution in [-0.2, 0) is 11.3 Å². The van der Waals surface area contributed by atoms with Gasteiger partial charge in [0, 0.05) is 30.8 Å². The molecule has 0 aliphatic carbocycles. The molecule has 3 unspecified atom stereocenters. The van der Waals surface area contributed by atoms with E-state index in [0.717, 1.165) is 35.4 Å². The molecule has 1 saturated heterocycles. The van der Waals surface area contributed by atoms with Crippen LogP contribution in [0.1, 0.15) is 31.6 Å². The number of fused-ring (bicyclic) bond motifs is 2. The molecule has 1 fully saturated rings. The first kappa shape index (κ1) is 27.0. The summed E-state index contributed by atoms with van der Waals surface area (Å²) >= 11 is 0. The van der Waals surface area contributed by atoms with E-state index in [1.807, 2.05) is 0 Å². The molecular formula is C20H31N4O5P3. The lowest BCUT2D eigenvalue weighted by Gasteiger charge is -2.18. The maximum atomic E-state index is 9.25. The predicted molar refractivity (Wildman–Crippen MR) is 135 cm³/mol. The van der Waals surface area contributed by atoms with Crippen LogP contribution in [0.5, 0.6) is 0 Å². The minimum absolute atomic E-state index is 0.0721. The van der Waals surface area contributed by atoms with Gasteiger partial charge in [-0.3, -0.25) is 0 Å². The molecule has 0 amide bonds. The standard InChI is InChI=1S/C20H22N4O2.3H3OP/c1-12-8-14(6-7-25)26-20(12)24-10-16-15-5-3-2-4-13(15)9-21-18-17(16)19(24)23-11-22-18;3*1-2/h2-5,10-12,14,20,25H,6-9H2,1H3,(H,21,22,23);3*1H,2H2/t12-,14+,20+;;;/m0.../s1. The van der Waals surface area contributed by atoms with E-state index < -0.39 is 0 Å². The van der Waals surface area contributed by atoms with Crippen LogP contribution in [0.2, 0.25) is 0 Å². The van der Waals surface area contributed by atoms with Gasteiger partial charge in [-0.15, -0.1) is 0 Å². The van der Waals surface area contributed by atoms with Gasteiger partial charge in [0.15, 0.2) is 0 Å². The Bertz CT molecular complexity index is 991. The first-order chi connectivity index (χ1) is 15.8. The molecule has 3 aromatic rings. The molecule has 2 aliphatic rings. The second-order valence-corrected chi connectivity index (χ2v) is 7.26. The number of anilines is 1. The van der Waals surface area contributed by atoms with E-state index in [4.69, 9.17) is 19.4 Å². The molecule has 6 atom stereocenters. The Kier molecular flexibility index (Phi) is 11.3. The van der Waals surface area contributed by atoms with E-state index in [0.29, 0.717) is 12.3 Å². The molecule has 9 nitrogen and oxygen atoms in total. The maximum absolute atomic E-state index is 9.25. The maximum Gasteiger partial charge on any atom is 0.148 e. The normalized spacial score (nSPS) is 20.3. The van der Waals surface area contributed by atoms with Crippen molar-refractivity contribution < 1.29 is 24.5 Å². The number of nitrogens with one attached hydrogen (secondary N) is 1. The number of nitrogens with zero attached hydrogens (tertiary/aromatic N) is 3. The molecule has 5 N–H and O–H groups in total. The highest BCUT2D eigenvalue weighted by molar-refractivity contribution is 7.08. The van der Waals surface area contributed by atoms with Gasteiger partial charge >= 0.3 is 0 Å². The lowest BCUT2D eigenvalue weighted by atomic mass is 10.0. The molecule has 0 radical (unpaired) electrons. The molecule has 0 saturated carbocycles. The lowest BCUT2D eigenvalue weighted by Crippen LogP contribution is -2.14. The van der Waals surface area contributed by atoms with Crippen molar-refractivity contribution in [2.24, 2.45) is 5.92 Å². The first-order valence-electron chi connectivity index (χ1n) is 9.97. The van der Waals surface area contributed by atoms with Gasteiger partial charge in [0.25, 0.3) is 0 Å². The third-order valence-corrected chi connectivity index (χ3v) is 5.54. The van der Waals surface area contributed by atoms with Crippen LogP contribution in [0.25, 0.3) is 22.2 Å². The van der Waals surface area contributed by atoms with Crippen molar-refractivity contribution in [3.05, 3.63) is 42.4 Å². The first-order valence-corrected chi connectivity index (χ1v) is 11.5. The van der Waals surface area contributed by atoms with E-state index in [1.54, 1.807) is 6.33 Å². The molecular weight excluding hydrogens is 469 g/mol. The number of hydrogen-bond acceptors (Lipinski definition) is 8. The second kappa shape index (κ2) is 13.4. The van der Waals surface area contributed by atoms with Gasteiger partial charge in [0.1, 0.15) is 24.0 Å². The average molecular weight is 500 g/mol. The Labute approximate surface area is 194 Å². The zero-order valence-corrected chi connectivity index (χ0v) is 21.3. The molecule has 2 aromatic heterocycles. The number of benzene rings is 1. The third kappa shape index (κ3) is 5.44. The topological polar surface area (TPSA) is 133 Å². The fourth-order valence-corrected chi connectivity index (χ4v) is 4.32. The fraction of sp³-hybridized carbons (Fsp3) is 0.400. The Morgan fingerprint density at radius 1 is 1.09 bits per heavy atom. The average Bonchev–Trinajstić information content (AvgIpc) is 3.37. The summed E-state index contributed by atoms with van der Waals surface area (Å²) in [5.74, 6) is 1.23. The van der Waals surface area contributed by atoms with Crippen LogP contribution in [0.15, 0.2) is 36.8 Å². The third-order valence-electron chi connectivity index (χ3n) is 5.54. The van der Waals surface area contributed by atoms with E-state index in [1.165, 1.54) is 39.5 Å². The second-order valence-electron chi connectivity index (χ2n) is 7.26. The minimum atomic E-state index is -0.0721. The van der Waals surface area contributed by atoms with Gasteiger partial charge < -0.3 is 34.4 Å². The summed E-state index contributed by atoms with van der Waals surface area (Å²) < 4.78 is 8.42. The monoisotopic (exact) mass is 500 g/mol. The Morgan fingerprint density at radius 3 is 2.53 bits per heavy atom. The van der Waals surface area contributed by atoms with Crippen LogP contribution < -0.4 is 5.32 Å². The summed E-state index contributed by atoms with van der Waals surface area (Å²) in [5, 5.41) is 13.8. The Hall–Kier alpha value is -1.27. The van der Waals surface area contributed by atoms with Gasteiger partial charge in [-0.25, -0.2) is 9.97 Å². The fourth-order valence-electron chi connectivity index (χ4n) is 4.32. The molecule has 176 valence electrons. The Balaban J connectivity index is 0.000000561. The molecule has 2 aliphatic heterocycles. The van der Waals surface area contributed by atoms with Gasteiger partial charge in [-0.05, 0) is 52.4 Å². The minimum Gasteiger partial charge on any atom is -0.396 e. The van der Waals surface area contributed by atoms with E-state index in [2.05, 4.69) is 57.2 Å². The summed E-state index contributed by atoms with van der Waals surface area (Å²) in [6.07, 6.45) is 5.44. The summed E-state index contributed by atoms with van der Waals surface area (Å²) in [5.41, 5.74) is 4.52. The number of ether oxygens (including phenoxy) is 1. The summed E-state index contributed by atoms with van der Waals surface area (Å²) in [7, 11) is 4.25. The van der Waals surface area contributed by atoms with E-state index >= 15 is 0 Å². The van der Waals surface area contributed by atoms with Crippen LogP contribution >= 0.6 is 28.4 Å². The van der Waals surface area contributed by atoms with Gasteiger partial charge in [0.2, 0.25) is 0 Å². The number of rotatable bonds is 3. The summed E-state index contributed by atoms with van der Waals surface area (Å²) in [6, 6.07) is 8.45. The van der Waals surface area contributed by atoms with Crippen molar-refractivity contribution >= 4 is 45.3 Å². The number of hydrogen-bond donors (Lipinski definition) is 5. The van der Waals surface area contributed by atoms with Crippen LogP contribution in [0.3, 0.4) is 0 Å². The molecule has 32 heavy (non-hydrogen) atoms. The molecule has 5 rings (SSSR count). The van der Waals surface area contributed by atoms with Gasteiger partial charge in [-0.2, -0.15) is 0 Å². The zero-order valence-electron chi connectivity index (χ0n) is 17.8. The molecule has 0 bridgehead atoms. The van der Waals surface area contributed by atoms with Crippen LogP contribution in [0.4, 0.5) is 5.82 Å². The van der Waals surface area contributed by atoms with Crippen molar-refractivity contribution in [1.82, 2.24) is 14.5 Å². The predicted octanol–water partition coefficient (Wildman–Crippen LogP) is 2.64. The largest absolute Gasteiger partial charge is 0.396 e. The molecule has 12 heteroatoms. The summed E-state index contributed by atoms with van der Waals surface area (Å²) in [6.45, 7) is 3.12. The summed E-state index contributed by atoms with van der Waals surface area (Å²) in [4.78, 5) is 29.8. The number of aliphatic hydroxyl groups is 1. The van der Waals surface area contributed by atoms with Crippen LogP contribution in [-0.4, -0.2) is 47.0 Å². The van der Waals surface area contributed by atoms with Crippen molar-refractivity contribution in [1.29, 1.82) is 0 Å². The highest BCUT2D eigenvalue weighted by atomic mass is 31.0. The van der Waals surface area contributed by atoms with Crippen LogP contribution in [0, 0.1) is 5.92 Å². The van der Waals surface area contributed by atoms with Crippen molar-refractivity contribution in [2.45, 2.75) is 38.6 Å². The van der Waals surface area contributed by atoms with Crippen molar-refractivity contribution in [2.75, 3.05) is 11.9 Å².